The maximum atomic E-state index is 5.82. The Balaban J connectivity index is 1.41. The predicted molar refractivity (Wildman–Crippen MR) is 99.6 cm³/mol. The van der Waals surface area contributed by atoms with Crippen molar-refractivity contribution in [2.24, 2.45) is 0 Å². The molecule has 2 aliphatic rings. The van der Waals surface area contributed by atoms with Crippen molar-refractivity contribution in [3.05, 3.63) is 46.1 Å². The molecule has 0 bridgehead atoms. The van der Waals surface area contributed by atoms with Crippen LogP contribution in [-0.4, -0.2) is 48.4 Å². The first-order valence-electron chi connectivity index (χ1n) is 8.88. The van der Waals surface area contributed by atoms with Gasteiger partial charge in [-0.15, -0.1) is 10.2 Å². The van der Waals surface area contributed by atoms with E-state index in [0.29, 0.717) is 5.15 Å². The number of halogens is 1. The van der Waals surface area contributed by atoms with E-state index in [2.05, 4.69) is 32.1 Å². The van der Waals surface area contributed by atoms with Crippen LogP contribution < -0.4 is 9.64 Å². The summed E-state index contributed by atoms with van der Waals surface area (Å²) < 4.78 is 5.65. The van der Waals surface area contributed by atoms with Crippen molar-refractivity contribution in [3.63, 3.8) is 0 Å². The topological polar surface area (TPSA) is 41.5 Å². The van der Waals surface area contributed by atoms with Crippen LogP contribution in [0, 0.1) is 0 Å². The summed E-state index contributed by atoms with van der Waals surface area (Å²) >= 11 is 5.82. The summed E-state index contributed by atoms with van der Waals surface area (Å²) in [5.74, 6) is 1.94. The van der Waals surface area contributed by atoms with Gasteiger partial charge in [-0.3, -0.25) is 4.90 Å². The van der Waals surface area contributed by atoms with Crippen LogP contribution in [0.15, 0.2) is 24.3 Å². The van der Waals surface area contributed by atoms with Crippen LogP contribution in [0.4, 0.5) is 5.82 Å². The molecule has 6 heteroatoms. The second kappa shape index (κ2) is 7.18. The Hall–Kier alpha value is -1.85. The minimum atomic E-state index is 0.436. The maximum Gasteiger partial charge on any atom is 0.151 e. The molecule has 0 saturated carbocycles. The summed E-state index contributed by atoms with van der Waals surface area (Å²) in [6, 6.07) is 8.34. The highest BCUT2D eigenvalue weighted by Crippen LogP contribution is 2.31. The number of aromatic nitrogens is 2. The Morgan fingerprint density at radius 1 is 1.04 bits per heavy atom. The van der Waals surface area contributed by atoms with Crippen molar-refractivity contribution in [1.29, 1.82) is 0 Å². The SMILES string of the molecule is COc1cc2c(cc1CN1CCN(c3ccc(Cl)nn3)CC1)CCC2. The van der Waals surface area contributed by atoms with E-state index in [4.69, 9.17) is 16.3 Å². The number of hydrogen-bond donors (Lipinski definition) is 0. The Bertz CT molecular complexity index is 742. The van der Waals surface area contributed by atoms with E-state index < -0.39 is 0 Å². The first kappa shape index (κ1) is 16.6. The second-order valence-electron chi connectivity index (χ2n) is 6.76. The van der Waals surface area contributed by atoms with Crippen LogP contribution >= 0.6 is 11.6 Å². The van der Waals surface area contributed by atoms with Crippen LogP contribution in [0.3, 0.4) is 0 Å². The third kappa shape index (κ3) is 3.58. The molecule has 5 nitrogen and oxygen atoms in total. The molecule has 132 valence electrons. The summed E-state index contributed by atoms with van der Waals surface area (Å²) in [7, 11) is 1.78. The average molecular weight is 359 g/mol. The fraction of sp³-hybridized carbons (Fsp3) is 0.474. The highest BCUT2D eigenvalue weighted by molar-refractivity contribution is 6.29. The minimum Gasteiger partial charge on any atom is -0.496 e. The maximum absolute atomic E-state index is 5.82. The van der Waals surface area contributed by atoms with Crippen molar-refractivity contribution in [2.45, 2.75) is 25.8 Å². The zero-order chi connectivity index (χ0) is 17.2. The predicted octanol–water partition coefficient (Wildman–Crippen LogP) is 2.95. The number of nitrogens with zero attached hydrogens (tertiary/aromatic N) is 4. The molecule has 25 heavy (non-hydrogen) atoms. The Labute approximate surface area is 153 Å². The molecule has 0 unspecified atom stereocenters. The molecule has 1 aromatic carbocycles. The summed E-state index contributed by atoms with van der Waals surface area (Å²) in [4.78, 5) is 4.75. The summed E-state index contributed by atoms with van der Waals surface area (Å²) in [6.07, 6.45) is 3.66. The van der Waals surface area contributed by atoms with Crippen molar-refractivity contribution < 1.29 is 4.74 Å². The summed E-state index contributed by atoms with van der Waals surface area (Å²) in [5.41, 5.74) is 4.28. The van der Waals surface area contributed by atoms with E-state index in [0.717, 1.165) is 44.3 Å². The van der Waals surface area contributed by atoms with Gasteiger partial charge in [0.05, 0.1) is 7.11 Å². The van der Waals surface area contributed by atoms with Crippen LogP contribution in [-0.2, 0) is 19.4 Å². The molecule has 1 saturated heterocycles. The molecule has 1 fully saturated rings. The van der Waals surface area contributed by atoms with Crippen LogP contribution in [0.25, 0.3) is 0 Å². The van der Waals surface area contributed by atoms with Gasteiger partial charge in [-0.1, -0.05) is 17.7 Å². The van der Waals surface area contributed by atoms with E-state index in [1.54, 1.807) is 13.2 Å². The number of piperazine rings is 1. The minimum absolute atomic E-state index is 0.436. The molecule has 1 aliphatic heterocycles. The van der Waals surface area contributed by atoms with Crippen molar-refractivity contribution >= 4 is 17.4 Å². The van der Waals surface area contributed by atoms with E-state index in [9.17, 15) is 0 Å². The van der Waals surface area contributed by atoms with Gasteiger partial charge in [-0.2, -0.15) is 0 Å². The molecule has 0 amide bonds. The highest BCUT2D eigenvalue weighted by Gasteiger charge is 2.21. The molecule has 2 heterocycles. The second-order valence-corrected chi connectivity index (χ2v) is 7.15. The monoisotopic (exact) mass is 358 g/mol. The lowest BCUT2D eigenvalue weighted by molar-refractivity contribution is 0.245. The van der Waals surface area contributed by atoms with Gasteiger partial charge >= 0.3 is 0 Å². The smallest absolute Gasteiger partial charge is 0.151 e. The van der Waals surface area contributed by atoms with Gasteiger partial charge in [0.1, 0.15) is 5.75 Å². The number of ether oxygens (including phenoxy) is 1. The third-order valence-electron chi connectivity index (χ3n) is 5.20. The van der Waals surface area contributed by atoms with Crippen molar-refractivity contribution in [2.75, 3.05) is 38.2 Å². The van der Waals surface area contributed by atoms with Crippen molar-refractivity contribution in [3.8, 4) is 5.75 Å². The number of anilines is 1. The van der Waals surface area contributed by atoms with Crippen molar-refractivity contribution in [1.82, 2.24) is 15.1 Å². The largest absolute Gasteiger partial charge is 0.496 e. The van der Waals surface area contributed by atoms with Gasteiger partial charge < -0.3 is 9.64 Å². The number of aryl methyl sites for hydroxylation is 2. The fourth-order valence-electron chi connectivity index (χ4n) is 3.82. The quantitative estimate of drug-likeness (QED) is 0.840. The van der Waals surface area contributed by atoms with Gasteiger partial charge in [0.15, 0.2) is 11.0 Å². The number of benzene rings is 1. The van der Waals surface area contributed by atoms with Gasteiger partial charge in [-0.25, -0.2) is 0 Å². The van der Waals surface area contributed by atoms with Crippen LogP contribution in [0.2, 0.25) is 5.15 Å². The first-order chi connectivity index (χ1) is 12.2. The van der Waals surface area contributed by atoms with E-state index in [1.807, 2.05) is 6.07 Å². The van der Waals surface area contributed by atoms with Gasteiger partial charge in [0.25, 0.3) is 0 Å². The number of hydrogen-bond acceptors (Lipinski definition) is 5. The van der Waals surface area contributed by atoms with E-state index >= 15 is 0 Å². The zero-order valence-corrected chi connectivity index (χ0v) is 15.3. The molecule has 0 N–H and O–H groups in total. The lowest BCUT2D eigenvalue weighted by Crippen LogP contribution is -2.46. The normalized spacial score (nSPS) is 17.6. The zero-order valence-electron chi connectivity index (χ0n) is 14.5. The average Bonchev–Trinajstić information content (AvgIpc) is 3.10. The number of rotatable bonds is 4. The Morgan fingerprint density at radius 2 is 1.80 bits per heavy atom. The number of fused-ring (bicyclic) bond motifs is 1. The molecule has 2 aromatic rings. The molecular formula is C19H23ClN4O. The van der Waals surface area contributed by atoms with Gasteiger partial charge in [0.2, 0.25) is 0 Å². The first-order valence-corrected chi connectivity index (χ1v) is 9.26. The fourth-order valence-corrected chi connectivity index (χ4v) is 3.92. The van der Waals surface area contributed by atoms with E-state index in [1.165, 1.54) is 36.0 Å². The van der Waals surface area contributed by atoms with Crippen LogP contribution in [0.5, 0.6) is 5.75 Å². The molecule has 0 spiro atoms. The highest BCUT2D eigenvalue weighted by atomic mass is 35.5. The standard InChI is InChI=1S/C19H23ClN4O/c1-25-17-12-15-4-2-3-14(15)11-16(17)13-23-7-9-24(10-8-23)19-6-5-18(20)21-22-19/h5-6,11-12H,2-4,7-10,13H2,1H3. The third-order valence-corrected chi connectivity index (χ3v) is 5.40. The molecule has 1 aliphatic carbocycles. The Morgan fingerprint density at radius 3 is 2.48 bits per heavy atom. The molecular weight excluding hydrogens is 336 g/mol. The van der Waals surface area contributed by atoms with Gasteiger partial charge in [0, 0.05) is 38.3 Å². The molecule has 0 radical (unpaired) electrons. The molecule has 1 aromatic heterocycles. The lowest BCUT2D eigenvalue weighted by atomic mass is 10.0. The van der Waals surface area contributed by atoms with E-state index in [-0.39, 0.29) is 0 Å². The molecule has 4 rings (SSSR count). The van der Waals surface area contributed by atoms with Crippen LogP contribution in [0.1, 0.15) is 23.1 Å². The Kier molecular flexibility index (Phi) is 4.77. The lowest BCUT2D eigenvalue weighted by Gasteiger charge is -2.35. The number of methoxy groups -OCH3 is 1. The summed E-state index contributed by atoms with van der Waals surface area (Å²) in [5, 5.41) is 8.56. The summed E-state index contributed by atoms with van der Waals surface area (Å²) in [6.45, 7) is 4.85. The van der Waals surface area contributed by atoms with Gasteiger partial charge in [-0.05, 0) is 48.6 Å². The molecule has 0 atom stereocenters.